The molecular formula is C23H37ClN2O2. The highest BCUT2D eigenvalue weighted by molar-refractivity contribution is 6.18. The van der Waals surface area contributed by atoms with Gasteiger partial charge in [-0.3, -0.25) is 4.79 Å². The van der Waals surface area contributed by atoms with Crippen molar-refractivity contribution >= 4 is 17.5 Å². The zero-order valence-corrected chi connectivity index (χ0v) is 18.8. The number of alkyl halides is 1. The number of methoxy groups -OCH3 is 1. The van der Waals surface area contributed by atoms with Crippen LogP contribution in [0.4, 0.5) is 0 Å². The highest BCUT2D eigenvalue weighted by Crippen LogP contribution is 2.16. The molecule has 158 valence electrons. The van der Waals surface area contributed by atoms with Gasteiger partial charge in [-0.2, -0.15) is 0 Å². The Labute approximate surface area is 176 Å². The minimum atomic E-state index is -0.157. The molecule has 1 unspecified atom stereocenters. The highest BCUT2D eigenvalue weighted by atomic mass is 35.5. The van der Waals surface area contributed by atoms with E-state index in [2.05, 4.69) is 37.5 Å². The summed E-state index contributed by atoms with van der Waals surface area (Å²) < 4.78 is 5.32. The fourth-order valence-electron chi connectivity index (χ4n) is 2.56. The van der Waals surface area contributed by atoms with Crippen LogP contribution in [-0.4, -0.2) is 31.5 Å². The van der Waals surface area contributed by atoms with E-state index in [1.165, 1.54) is 5.57 Å². The van der Waals surface area contributed by atoms with Crippen LogP contribution in [0.5, 0.6) is 5.75 Å². The maximum atomic E-state index is 12.4. The summed E-state index contributed by atoms with van der Waals surface area (Å²) in [6.07, 6.45) is 8.82. The molecule has 1 atom stereocenters. The first kappa shape index (κ1) is 26.2. The molecule has 0 aliphatic heterocycles. The normalized spacial score (nSPS) is 12.3. The Balaban J connectivity index is 0.00000129. The van der Waals surface area contributed by atoms with Gasteiger partial charge in [0.25, 0.3) is 0 Å². The lowest BCUT2D eigenvalue weighted by molar-refractivity contribution is -0.123. The Hall–Kier alpha value is -1.78. The van der Waals surface area contributed by atoms with Gasteiger partial charge in [0.2, 0.25) is 5.91 Å². The molecule has 5 heteroatoms. The molecule has 0 spiro atoms. The molecule has 0 saturated carbocycles. The van der Waals surface area contributed by atoms with Crippen molar-refractivity contribution in [3.63, 3.8) is 0 Å². The zero-order chi connectivity index (χ0) is 21.2. The number of amides is 1. The number of nitrogens with one attached hydrogen (secondary N) is 2. The van der Waals surface area contributed by atoms with E-state index in [0.29, 0.717) is 12.4 Å². The summed E-state index contributed by atoms with van der Waals surface area (Å²) in [5.41, 5.74) is 2.26. The summed E-state index contributed by atoms with van der Waals surface area (Å²) >= 11 is 5.21. The Bertz CT molecular complexity index is 600. The number of para-hydroxylation sites is 1. The number of carbonyl (C=O) groups excluding carboxylic acids is 1. The van der Waals surface area contributed by atoms with Gasteiger partial charge in [-0.25, -0.2) is 0 Å². The minimum Gasteiger partial charge on any atom is -0.496 e. The number of ether oxygens (including phenoxy) is 1. The van der Waals surface area contributed by atoms with Gasteiger partial charge in [-0.05, 0) is 32.8 Å². The molecule has 28 heavy (non-hydrogen) atoms. The van der Waals surface area contributed by atoms with Crippen molar-refractivity contribution < 1.29 is 9.53 Å². The number of benzene rings is 1. The highest BCUT2D eigenvalue weighted by Gasteiger charge is 2.17. The molecule has 0 aromatic heterocycles. The number of hydrogen-bond donors (Lipinski definition) is 2. The average Bonchev–Trinajstić information content (AvgIpc) is 2.70. The van der Waals surface area contributed by atoms with E-state index in [-0.39, 0.29) is 11.9 Å². The first-order chi connectivity index (χ1) is 13.5. The quantitative estimate of drug-likeness (QED) is 0.389. The smallest absolute Gasteiger partial charge is 0.237 e. The first-order valence-electron chi connectivity index (χ1n) is 9.99. The number of halogens is 1. The Morgan fingerprint density at radius 1 is 1.29 bits per heavy atom. The van der Waals surface area contributed by atoms with Crippen molar-refractivity contribution in [2.45, 2.75) is 59.5 Å². The molecule has 0 fully saturated rings. The van der Waals surface area contributed by atoms with Crippen molar-refractivity contribution in [2.75, 3.05) is 19.5 Å². The molecule has 2 N–H and O–H groups in total. The van der Waals surface area contributed by atoms with Crippen LogP contribution in [0.2, 0.25) is 0 Å². The summed E-state index contributed by atoms with van der Waals surface area (Å²) in [4.78, 5) is 12.4. The molecule has 1 rings (SSSR count). The van der Waals surface area contributed by atoms with E-state index in [1.807, 2.05) is 43.3 Å². The van der Waals surface area contributed by atoms with E-state index in [9.17, 15) is 4.79 Å². The Morgan fingerprint density at radius 3 is 2.54 bits per heavy atom. The predicted octanol–water partition coefficient (Wildman–Crippen LogP) is 5.23. The third-order valence-electron chi connectivity index (χ3n) is 4.04. The van der Waals surface area contributed by atoms with Crippen molar-refractivity contribution in [1.82, 2.24) is 10.6 Å². The van der Waals surface area contributed by atoms with Crippen molar-refractivity contribution in [3.8, 4) is 5.75 Å². The number of carbonyl (C=O) groups is 1. The van der Waals surface area contributed by atoms with Crippen molar-refractivity contribution in [1.29, 1.82) is 0 Å². The fourth-order valence-corrected chi connectivity index (χ4v) is 2.74. The van der Waals surface area contributed by atoms with Crippen LogP contribution in [0.1, 0.15) is 52.5 Å². The number of allylic oxidation sites excluding steroid dienone is 3. The van der Waals surface area contributed by atoms with Gasteiger partial charge in [0.1, 0.15) is 5.75 Å². The summed E-state index contributed by atoms with van der Waals surface area (Å²) in [5.74, 6) is 1.48. The molecule has 0 heterocycles. The van der Waals surface area contributed by atoms with E-state index >= 15 is 0 Å². The molecule has 0 bridgehead atoms. The van der Waals surface area contributed by atoms with Gasteiger partial charge >= 0.3 is 0 Å². The van der Waals surface area contributed by atoms with Gasteiger partial charge in [-0.15, -0.1) is 11.6 Å². The Kier molecular flexibility index (Phi) is 16.2. The third kappa shape index (κ3) is 11.8. The molecule has 0 aliphatic carbocycles. The average molecular weight is 409 g/mol. The van der Waals surface area contributed by atoms with Crippen LogP contribution in [0.3, 0.4) is 0 Å². The fraction of sp³-hybridized carbons (Fsp3) is 0.522. The van der Waals surface area contributed by atoms with E-state index in [0.717, 1.165) is 37.1 Å². The largest absolute Gasteiger partial charge is 0.496 e. The summed E-state index contributed by atoms with van der Waals surface area (Å²) in [7, 11) is 1.64. The van der Waals surface area contributed by atoms with Gasteiger partial charge in [0.05, 0.1) is 13.2 Å². The molecule has 0 aliphatic rings. The first-order valence-corrected chi connectivity index (χ1v) is 10.5. The molecule has 1 amide bonds. The van der Waals surface area contributed by atoms with E-state index in [1.54, 1.807) is 7.11 Å². The maximum Gasteiger partial charge on any atom is 0.237 e. The number of rotatable bonds is 11. The van der Waals surface area contributed by atoms with Crippen molar-refractivity contribution in [2.24, 2.45) is 0 Å². The zero-order valence-electron chi connectivity index (χ0n) is 18.1. The summed E-state index contributed by atoms with van der Waals surface area (Å²) in [5, 5.41) is 6.37. The van der Waals surface area contributed by atoms with E-state index in [4.69, 9.17) is 16.3 Å². The Morgan fingerprint density at radius 2 is 2.00 bits per heavy atom. The topological polar surface area (TPSA) is 50.4 Å². The second kappa shape index (κ2) is 17.3. The molecule has 0 saturated heterocycles. The molecule has 1 aromatic rings. The SMILES string of the molecule is C/C=C\CCl.CC/C=C(\C)CNC(CCC)C(=O)NCc1ccccc1OC. The van der Waals surface area contributed by atoms with Crippen molar-refractivity contribution in [3.05, 3.63) is 53.6 Å². The van der Waals surface area contributed by atoms with Gasteiger partial charge in [0.15, 0.2) is 0 Å². The van der Waals surface area contributed by atoms with Gasteiger partial charge in [-0.1, -0.05) is 62.3 Å². The van der Waals surface area contributed by atoms with E-state index < -0.39 is 0 Å². The van der Waals surface area contributed by atoms with Crippen LogP contribution in [0.25, 0.3) is 0 Å². The summed E-state index contributed by atoms with van der Waals surface area (Å²) in [6, 6.07) is 7.59. The van der Waals surface area contributed by atoms with Gasteiger partial charge in [0, 0.05) is 24.5 Å². The van der Waals surface area contributed by atoms with Crippen LogP contribution in [-0.2, 0) is 11.3 Å². The second-order valence-corrected chi connectivity index (χ2v) is 6.74. The minimum absolute atomic E-state index is 0.0436. The molecule has 0 radical (unpaired) electrons. The second-order valence-electron chi connectivity index (χ2n) is 6.43. The lowest BCUT2D eigenvalue weighted by atomic mass is 10.1. The number of hydrogen-bond acceptors (Lipinski definition) is 3. The maximum absolute atomic E-state index is 12.4. The van der Waals surface area contributed by atoms with Crippen LogP contribution in [0, 0.1) is 0 Å². The summed E-state index contributed by atoms with van der Waals surface area (Å²) in [6.45, 7) is 9.48. The lowest BCUT2D eigenvalue weighted by Crippen LogP contribution is -2.44. The lowest BCUT2D eigenvalue weighted by Gasteiger charge is -2.18. The monoisotopic (exact) mass is 408 g/mol. The molecule has 4 nitrogen and oxygen atoms in total. The molecular weight excluding hydrogens is 372 g/mol. The molecule has 1 aromatic carbocycles. The van der Waals surface area contributed by atoms with Crippen LogP contribution < -0.4 is 15.4 Å². The predicted molar refractivity (Wildman–Crippen MR) is 121 cm³/mol. The van der Waals surface area contributed by atoms with Crippen LogP contribution >= 0.6 is 11.6 Å². The standard InChI is InChI=1S/C19H30N2O2.C4H7Cl/c1-5-9-15(3)13-20-17(10-6-2)19(22)21-14-16-11-7-8-12-18(16)23-4;1-2-3-4-5/h7-9,11-12,17,20H,5-6,10,13-14H2,1-4H3,(H,21,22);2-3H,4H2,1H3/b15-9+;3-2-. The van der Waals surface area contributed by atoms with Gasteiger partial charge < -0.3 is 15.4 Å². The van der Waals surface area contributed by atoms with Crippen LogP contribution in [0.15, 0.2) is 48.1 Å². The third-order valence-corrected chi connectivity index (χ3v) is 4.22.